The van der Waals surface area contributed by atoms with Crippen LogP contribution < -0.4 is 15.7 Å². The van der Waals surface area contributed by atoms with Crippen LogP contribution in [0.5, 0.6) is 5.75 Å². The van der Waals surface area contributed by atoms with Gasteiger partial charge in [-0.05, 0) is 48.4 Å². The minimum Gasteiger partial charge on any atom is -0.497 e. The van der Waals surface area contributed by atoms with Gasteiger partial charge in [-0.2, -0.15) is 5.10 Å². The number of nitrogens with zero attached hydrogens (tertiary/aromatic N) is 2. The average molecular weight is 453 g/mol. The number of carbonyl (C=O) groups is 1. The zero-order valence-electron chi connectivity index (χ0n) is 19.4. The Bertz CT molecular complexity index is 1220. The average Bonchev–Trinajstić information content (AvgIpc) is 3.40. The van der Waals surface area contributed by atoms with E-state index in [-0.39, 0.29) is 17.9 Å². The van der Waals surface area contributed by atoms with E-state index >= 15 is 4.39 Å². The van der Waals surface area contributed by atoms with Crippen molar-refractivity contribution in [1.82, 2.24) is 20.1 Å². The molecule has 0 amide bonds. The summed E-state index contributed by atoms with van der Waals surface area (Å²) >= 11 is 0. The molecule has 0 radical (unpaired) electrons. The lowest BCUT2D eigenvalue weighted by Crippen LogP contribution is -2.43. The zero-order chi connectivity index (χ0) is 23.8. The van der Waals surface area contributed by atoms with Gasteiger partial charge in [-0.3, -0.25) is 4.79 Å². The predicted molar refractivity (Wildman–Crippen MR) is 124 cm³/mol. The van der Waals surface area contributed by atoms with Crippen LogP contribution in [0.15, 0.2) is 47.3 Å². The Morgan fingerprint density at radius 1 is 1.18 bits per heavy atom. The summed E-state index contributed by atoms with van der Waals surface area (Å²) in [6, 6.07) is 12.0. The first-order valence-corrected chi connectivity index (χ1v) is 11.0. The molecule has 174 valence electrons. The van der Waals surface area contributed by atoms with Gasteiger partial charge in [-0.1, -0.05) is 39.0 Å². The molecule has 2 N–H and O–H groups in total. The first kappa shape index (κ1) is 22.9. The maximum absolute atomic E-state index is 15.3. The number of methoxy groups -OCH3 is 1. The molecular weight excluding hydrogens is 423 g/mol. The number of benzene rings is 2. The van der Waals surface area contributed by atoms with Gasteiger partial charge in [0.25, 0.3) is 0 Å². The maximum atomic E-state index is 15.3. The number of H-pyrrole nitrogens is 1. The maximum Gasteiger partial charge on any atom is 0.348 e. The van der Waals surface area contributed by atoms with Crippen LogP contribution in [0.3, 0.4) is 0 Å². The van der Waals surface area contributed by atoms with Crippen molar-refractivity contribution in [2.24, 2.45) is 10.8 Å². The lowest BCUT2D eigenvalue weighted by atomic mass is 9.69. The van der Waals surface area contributed by atoms with Crippen LogP contribution in [0.1, 0.15) is 33.0 Å². The van der Waals surface area contributed by atoms with Crippen molar-refractivity contribution in [2.75, 3.05) is 20.2 Å². The van der Waals surface area contributed by atoms with Crippen LogP contribution >= 0.6 is 0 Å². The van der Waals surface area contributed by atoms with Crippen LogP contribution in [-0.2, 0) is 11.2 Å². The van der Waals surface area contributed by atoms with Gasteiger partial charge in [-0.25, -0.2) is 18.9 Å². The highest BCUT2D eigenvalue weighted by Crippen LogP contribution is 2.38. The number of aromatic nitrogens is 3. The molecule has 0 saturated carbocycles. The van der Waals surface area contributed by atoms with E-state index in [2.05, 4.69) is 15.5 Å². The third-order valence-electron chi connectivity index (χ3n) is 6.26. The van der Waals surface area contributed by atoms with Gasteiger partial charge in [0.15, 0.2) is 0 Å². The number of rotatable bonds is 6. The number of aromatic amines is 1. The van der Waals surface area contributed by atoms with Gasteiger partial charge in [0.2, 0.25) is 0 Å². The van der Waals surface area contributed by atoms with Crippen LogP contribution in [0.4, 0.5) is 4.39 Å². The van der Waals surface area contributed by atoms with E-state index in [9.17, 15) is 9.59 Å². The summed E-state index contributed by atoms with van der Waals surface area (Å²) in [5.74, 6) is 0.620. The van der Waals surface area contributed by atoms with E-state index in [1.807, 2.05) is 32.9 Å². The number of carbonyl (C=O) groups excluding carboxylic acids is 1. The van der Waals surface area contributed by atoms with Crippen molar-refractivity contribution in [3.63, 3.8) is 0 Å². The third kappa shape index (κ3) is 4.35. The molecule has 1 atom stereocenters. The molecule has 4 rings (SSSR count). The van der Waals surface area contributed by atoms with Crippen molar-refractivity contribution >= 4 is 5.78 Å². The lowest BCUT2D eigenvalue weighted by Gasteiger charge is -2.33. The molecule has 0 aliphatic carbocycles. The first-order chi connectivity index (χ1) is 15.6. The molecule has 3 aromatic rings. The molecule has 0 spiro atoms. The normalized spacial score (nSPS) is 18.5. The highest BCUT2D eigenvalue weighted by atomic mass is 19.1. The molecule has 1 aliphatic heterocycles. The second kappa shape index (κ2) is 8.59. The lowest BCUT2D eigenvalue weighted by molar-refractivity contribution is -0.135. The van der Waals surface area contributed by atoms with Crippen LogP contribution in [0.2, 0.25) is 0 Å². The Balaban J connectivity index is 1.70. The zero-order valence-corrected chi connectivity index (χ0v) is 19.4. The Kier molecular flexibility index (Phi) is 5.97. The Morgan fingerprint density at radius 3 is 2.45 bits per heavy atom. The molecule has 1 saturated heterocycles. The summed E-state index contributed by atoms with van der Waals surface area (Å²) in [6.07, 6.45) is 0.886. The van der Waals surface area contributed by atoms with Crippen molar-refractivity contribution in [3.05, 3.63) is 64.6 Å². The van der Waals surface area contributed by atoms with Gasteiger partial charge in [0.05, 0.1) is 18.2 Å². The fraction of sp³-hybridized carbons (Fsp3) is 0.400. The monoisotopic (exact) mass is 452 g/mol. The Labute approximate surface area is 192 Å². The molecule has 8 heteroatoms. The van der Waals surface area contributed by atoms with E-state index in [4.69, 9.17) is 4.74 Å². The molecule has 2 heterocycles. The minimum absolute atomic E-state index is 0.102. The number of hydrogen-bond donors (Lipinski definition) is 2. The van der Waals surface area contributed by atoms with E-state index in [1.165, 1.54) is 10.6 Å². The molecular formula is C25H29FN4O3. The van der Waals surface area contributed by atoms with Gasteiger partial charge < -0.3 is 10.1 Å². The molecule has 7 nitrogen and oxygen atoms in total. The molecule has 0 bridgehead atoms. The summed E-state index contributed by atoms with van der Waals surface area (Å²) in [6.45, 7) is 6.89. The van der Waals surface area contributed by atoms with Crippen molar-refractivity contribution in [3.8, 4) is 22.6 Å². The van der Waals surface area contributed by atoms with Crippen molar-refractivity contribution < 1.29 is 13.9 Å². The standard InChI is InChI=1S/C25H29FN4O3/c1-24(2,3)22(31)25(11-12-27-15-25)14-21-28-29-23(32)30(21)20-10-7-17(13-19(20)26)16-5-8-18(33-4)9-6-16/h5-10,13,27H,11-12,14-15H2,1-4H3,(H,29,32)/t25-/m0/s1. The predicted octanol–water partition coefficient (Wildman–Crippen LogP) is 3.51. The molecule has 1 aliphatic rings. The van der Waals surface area contributed by atoms with Crippen LogP contribution in [0, 0.1) is 16.6 Å². The molecule has 2 aromatic carbocycles. The van der Waals surface area contributed by atoms with E-state index in [0.29, 0.717) is 36.6 Å². The summed E-state index contributed by atoms with van der Waals surface area (Å²) < 4.78 is 21.7. The van der Waals surface area contributed by atoms with Gasteiger partial charge >= 0.3 is 5.69 Å². The molecule has 1 aromatic heterocycles. The number of ketones is 1. The minimum atomic E-state index is -0.693. The summed E-state index contributed by atoms with van der Waals surface area (Å²) in [5.41, 5.74) is -0.167. The highest BCUT2D eigenvalue weighted by Gasteiger charge is 2.46. The summed E-state index contributed by atoms with van der Waals surface area (Å²) in [5, 5.41) is 9.88. The fourth-order valence-electron chi connectivity index (χ4n) is 4.61. The molecule has 33 heavy (non-hydrogen) atoms. The van der Waals surface area contributed by atoms with E-state index < -0.39 is 22.3 Å². The number of halogens is 1. The Hall–Kier alpha value is -3.26. The fourth-order valence-corrected chi connectivity index (χ4v) is 4.61. The summed E-state index contributed by atoms with van der Waals surface area (Å²) in [7, 11) is 1.59. The number of Topliss-reactive ketones (excluding diaryl/α,β-unsaturated/α-hetero) is 1. The van der Waals surface area contributed by atoms with Crippen molar-refractivity contribution in [1.29, 1.82) is 0 Å². The quantitative estimate of drug-likeness (QED) is 0.598. The number of nitrogens with one attached hydrogen (secondary N) is 2. The molecule has 0 unspecified atom stereocenters. The second-order valence-electron chi connectivity index (χ2n) is 9.64. The van der Waals surface area contributed by atoms with Gasteiger partial charge in [0.1, 0.15) is 23.2 Å². The third-order valence-corrected chi connectivity index (χ3v) is 6.26. The number of hydrogen-bond acceptors (Lipinski definition) is 5. The van der Waals surface area contributed by atoms with Crippen LogP contribution in [-0.4, -0.2) is 40.7 Å². The van der Waals surface area contributed by atoms with Gasteiger partial charge in [-0.15, -0.1) is 0 Å². The smallest absolute Gasteiger partial charge is 0.348 e. The topological polar surface area (TPSA) is 89.0 Å². The van der Waals surface area contributed by atoms with Gasteiger partial charge in [0, 0.05) is 18.4 Å². The largest absolute Gasteiger partial charge is 0.497 e. The Morgan fingerprint density at radius 2 is 1.88 bits per heavy atom. The SMILES string of the molecule is COc1ccc(-c2ccc(-n3c(C[C@@]4(C(=O)C(C)(C)C)CCNC4)n[nH]c3=O)c(F)c2)cc1. The van der Waals surface area contributed by atoms with E-state index in [1.54, 1.807) is 31.4 Å². The van der Waals surface area contributed by atoms with Crippen LogP contribution in [0.25, 0.3) is 16.8 Å². The number of ether oxygens (including phenoxy) is 1. The second-order valence-corrected chi connectivity index (χ2v) is 9.64. The highest BCUT2D eigenvalue weighted by molar-refractivity contribution is 5.90. The summed E-state index contributed by atoms with van der Waals surface area (Å²) in [4.78, 5) is 25.9. The van der Waals surface area contributed by atoms with E-state index in [0.717, 1.165) is 5.56 Å². The first-order valence-electron chi connectivity index (χ1n) is 11.0. The molecule has 1 fully saturated rings. The van der Waals surface area contributed by atoms with Crippen molar-refractivity contribution in [2.45, 2.75) is 33.6 Å².